The zero-order chi connectivity index (χ0) is 12.5. The van der Waals surface area contributed by atoms with E-state index in [4.69, 9.17) is 5.73 Å². The van der Waals surface area contributed by atoms with Crippen molar-refractivity contribution >= 4 is 21.8 Å². The van der Waals surface area contributed by atoms with Crippen LogP contribution in [0.25, 0.3) is 21.8 Å². The number of hydrogen-bond donors (Lipinski definition) is 1. The molecule has 3 rings (SSSR count). The highest BCUT2D eigenvalue weighted by Gasteiger charge is 2.09. The summed E-state index contributed by atoms with van der Waals surface area (Å²) in [5, 5.41) is 2.58. The van der Waals surface area contributed by atoms with Crippen molar-refractivity contribution in [3.8, 4) is 0 Å². The Bertz CT molecular complexity index is 669. The summed E-state index contributed by atoms with van der Waals surface area (Å²) in [6.07, 6.45) is 0. The van der Waals surface area contributed by atoms with Crippen molar-refractivity contribution in [2.75, 3.05) is 6.54 Å². The minimum absolute atomic E-state index is 0.529. The smallest absolute Gasteiger partial charge is 0.0494 e. The normalized spacial score (nSPS) is 11.2. The van der Waals surface area contributed by atoms with Gasteiger partial charge in [0.2, 0.25) is 0 Å². The molecule has 1 aromatic heterocycles. The average Bonchev–Trinajstić information content (AvgIpc) is 2.74. The zero-order valence-corrected chi connectivity index (χ0v) is 10.3. The van der Waals surface area contributed by atoms with Crippen molar-refractivity contribution in [1.82, 2.24) is 4.57 Å². The summed E-state index contributed by atoms with van der Waals surface area (Å²) in [7, 11) is 0. The molecular weight excluding hydrogens is 220 g/mol. The van der Waals surface area contributed by atoms with Crippen LogP contribution in [0.2, 0.25) is 0 Å². The van der Waals surface area contributed by atoms with Gasteiger partial charge in [-0.25, -0.2) is 0 Å². The second-order valence-corrected chi connectivity index (χ2v) is 4.57. The molecule has 2 N–H and O–H groups in total. The van der Waals surface area contributed by atoms with E-state index in [1.807, 2.05) is 0 Å². The third kappa shape index (κ3) is 1.62. The Kier molecular flexibility index (Phi) is 2.65. The van der Waals surface area contributed by atoms with E-state index < -0.39 is 0 Å². The molecule has 0 aliphatic rings. The first kappa shape index (κ1) is 11.1. The highest BCUT2D eigenvalue weighted by molar-refractivity contribution is 6.07. The maximum atomic E-state index is 5.66. The number of aromatic nitrogens is 1. The van der Waals surface area contributed by atoms with Crippen LogP contribution in [-0.2, 0) is 6.54 Å². The van der Waals surface area contributed by atoms with Crippen molar-refractivity contribution < 1.29 is 0 Å². The fraction of sp³-hybridized carbons (Fsp3) is 0.125. The summed E-state index contributed by atoms with van der Waals surface area (Å²) in [4.78, 5) is 0. The maximum absolute atomic E-state index is 5.66. The van der Waals surface area contributed by atoms with Gasteiger partial charge in [0.1, 0.15) is 0 Å². The van der Waals surface area contributed by atoms with Crippen LogP contribution in [0, 0.1) is 0 Å². The van der Waals surface area contributed by atoms with Crippen molar-refractivity contribution in [3.05, 3.63) is 60.7 Å². The van der Waals surface area contributed by atoms with Crippen LogP contribution in [-0.4, -0.2) is 11.1 Å². The second-order valence-electron chi connectivity index (χ2n) is 4.57. The van der Waals surface area contributed by atoms with Gasteiger partial charge in [-0.15, -0.1) is 0 Å². The zero-order valence-electron chi connectivity index (χ0n) is 10.3. The predicted octanol–water partition coefficient (Wildman–Crippen LogP) is 3.31. The first-order valence-electron chi connectivity index (χ1n) is 6.14. The largest absolute Gasteiger partial charge is 0.336 e. The van der Waals surface area contributed by atoms with E-state index in [1.54, 1.807) is 0 Å². The number of nitrogens with zero attached hydrogens (tertiary/aromatic N) is 1. The molecule has 0 spiro atoms. The average molecular weight is 236 g/mol. The molecule has 0 unspecified atom stereocenters. The van der Waals surface area contributed by atoms with Crippen LogP contribution in [0.3, 0.4) is 0 Å². The monoisotopic (exact) mass is 236 g/mol. The lowest BCUT2D eigenvalue weighted by atomic mass is 10.2. The number of hydrogen-bond acceptors (Lipinski definition) is 1. The number of rotatable bonds is 3. The van der Waals surface area contributed by atoms with Gasteiger partial charge in [-0.1, -0.05) is 43.0 Å². The molecule has 0 radical (unpaired) electrons. The molecule has 18 heavy (non-hydrogen) atoms. The summed E-state index contributed by atoms with van der Waals surface area (Å²) in [6, 6.07) is 16.9. The van der Waals surface area contributed by atoms with E-state index >= 15 is 0 Å². The fourth-order valence-electron chi connectivity index (χ4n) is 2.46. The molecule has 0 saturated carbocycles. The number of nitrogens with two attached hydrogens (primary N) is 1. The standard InChI is InChI=1S/C16H16N2/c1-12(10-17)11-18-15-8-4-2-6-13(15)14-7-3-5-9-16(14)18/h2-9H,1,10-11,17H2. The minimum Gasteiger partial charge on any atom is -0.336 e. The van der Waals surface area contributed by atoms with Crippen molar-refractivity contribution in [3.63, 3.8) is 0 Å². The molecule has 0 bridgehead atoms. The van der Waals surface area contributed by atoms with Gasteiger partial charge >= 0.3 is 0 Å². The van der Waals surface area contributed by atoms with Crippen LogP contribution in [0.15, 0.2) is 60.7 Å². The molecule has 0 aliphatic heterocycles. The Morgan fingerprint density at radius 3 is 1.94 bits per heavy atom. The van der Waals surface area contributed by atoms with E-state index in [0.717, 1.165) is 12.1 Å². The lowest BCUT2D eigenvalue weighted by Crippen LogP contribution is -2.08. The predicted molar refractivity (Wildman–Crippen MR) is 77.6 cm³/mol. The molecule has 2 aromatic carbocycles. The van der Waals surface area contributed by atoms with Crippen molar-refractivity contribution in [2.24, 2.45) is 5.73 Å². The van der Waals surface area contributed by atoms with E-state index in [9.17, 15) is 0 Å². The van der Waals surface area contributed by atoms with Gasteiger partial charge in [0, 0.05) is 34.9 Å². The van der Waals surface area contributed by atoms with Crippen LogP contribution >= 0.6 is 0 Å². The summed E-state index contributed by atoms with van der Waals surface area (Å²) in [5.41, 5.74) is 9.19. The fourth-order valence-corrected chi connectivity index (χ4v) is 2.46. The minimum atomic E-state index is 0.529. The number of fused-ring (bicyclic) bond motifs is 3. The maximum Gasteiger partial charge on any atom is 0.0494 e. The number of para-hydroxylation sites is 2. The van der Waals surface area contributed by atoms with Gasteiger partial charge in [0.05, 0.1) is 0 Å². The first-order chi connectivity index (χ1) is 8.81. The van der Waals surface area contributed by atoms with Gasteiger partial charge in [0.25, 0.3) is 0 Å². The highest BCUT2D eigenvalue weighted by atomic mass is 15.0. The van der Waals surface area contributed by atoms with Crippen molar-refractivity contribution in [2.45, 2.75) is 6.54 Å². The van der Waals surface area contributed by atoms with E-state index in [1.165, 1.54) is 21.8 Å². The van der Waals surface area contributed by atoms with Crippen LogP contribution in [0.1, 0.15) is 0 Å². The molecule has 2 heteroatoms. The third-order valence-electron chi connectivity index (χ3n) is 3.35. The van der Waals surface area contributed by atoms with Gasteiger partial charge < -0.3 is 10.3 Å². The molecule has 3 aromatic rings. The summed E-state index contributed by atoms with van der Waals surface area (Å²) < 4.78 is 2.29. The Morgan fingerprint density at radius 1 is 0.944 bits per heavy atom. The van der Waals surface area contributed by atoms with Crippen LogP contribution in [0.4, 0.5) is 0 Å². The van der Waals surface area contributed by atoms with Gasteiger partial charge in [-0.05, 0) is 17.7 Å². The molecule has 0 saturated heterocycles. The topological polar surface area (TPSA) is 30.9 Å². The molecule has 0 amide bonds. The van der Waals surface area contributed by atoms with E-state index in [0.29, 0.717) is 6.54 Å². The summed E-state index contributed by atoms with van der Waals surface area (Å²) in [6.45, 7) is 5.33. The van der Waals surface area contributed by atoms with Gasteiger partial charge in [-0.2, -0.15) is 0 Å². The SMILES string of the molecule is C=C(CN)Cn1c2ccccc2c2ccccc21. The third-order valence-corrected chi connectivity index (χ3v) is 3.35. The second kappa shape index (κ2) is 4.31. The lowest BCUT2D eigenvalue weighted by molar-refractivity contribution is 0.828. The molecule has 0 atom stereocenters. The number of benzene rings is 2. The summed E-state index contributed by atoms with van der Waals surface area (Å²) in [5.74, 6) is 0. The molecule has 90 valence electrons. The molecule has 0 aliphatic carbocycles. The Hall–Kier alpha value is -2.06. The molecule has 2 nitrogen and oxygen atoms in total. The molecule has 1 heterocycles. The quantitative estimate of drug-likeness (QED) is 0.695. The van der Waals surface area contributed by atoms with Crippen LogP contribution in [0.5, 0.6) is 0 Å². The highest BCUT2D eigenvalue weighted by Crippen LogP contribution is 2.28. The van der Waals surface area contributed by atoms with E-state index in [2.05, 4.69) is 59.7 Å². The van der Waals surface area contributed by atoms with Gasteiger partial charge in [-0.3, -0.25) is 0 Å². The Balaban J connectivity index is 2.34. The Labute approximate surface area is 106 Å². The first-order valence-corrected chi connectivity index (χ1v) is 6.14. The van der Waals surface area contributed by atoms with Crippen molar-refractivity contribution in [1.29, 1.82) is 0 Å². The van der Waals surface area contributed by atoms with Gasteiger partial charge in [0.15, 0.2) is 0 Å². The Morgan fingerprint density at radius 2 is 1.44 bits per heavy atom. The van der Waals surface area contributed by atoms with E-state index in [-0.39, 0.29) is 0 Å². The summed E-state index contributed by atoms with van der Waals surface area (Å²) >= 11 is 0. The van der Waals surface area contributed by atoms with Crippen LogP contribution < -0.4 is 5.73 Å². The molecule has 0 fully saturated rings. The molecular formula is C16H16N2. The lowest BCUT2D eigenvalue weighted by Gasteiger charge is -2.08.